The Hall–Kier alpha value is -1.75. The molecule has 98 valence electrons. The second-order valence-electron chi connectivity index (χ2n) is 4.60. The van der Waals surface area contributed by atoms with Gasteiger partial charge in [-0.3, -0.25) is 4.68 Å². The van der Waals surface area contributed by atoms with Gasteiger partial charge in [0.05, 0.1) is 18.4 Å². The van der Waals surface area contributed by atoms with E-state index in [0.717, 1.165) is 13.1 Å². The first kappa shape index (κ1) is 12.3. The van der Waals surface area contributed by atoms with Crippen molar-refractivity contribution in [2.75, 3.05) is 5.73 Å². The van der Waals surface area contributed by atoms with Crippen LogP contribution in [0.5, 0.6) is 0 Å². The van der Waals surface area contributed by atoms with Gasteiger partial charge in [-0.1, -0.05) is 18.2 Å². The van der Waals surface area contributed by atoms with Crippen molar-refractivity contribution < 1.29 is 0 Å². The summed E-state index contributed by atoms with van der Waals surface area (Å²) >= 11 is 3.67. The van der Waals surface area contributed by atoms with Gasteiger partial charge < -0.3 is 10.3 Å². The molecule has 3 rings (SSSR count). The lowest BCUT2D eigenvalue weighted by Crippen LogP contribution is -2.08. The summed E-state index contributed by atoms with van der Waals surface area (Å²) in [6.45, 7) is 3.81. The van der Waals surface area contributed by atoms with Crippen molar-refractivity contribution in [3.63, 3.8) is 0 Å². The number of aromatic nitrogens is 3. The molecule has 0 saturated heterocycles. The second-order valence-corrected chi connectivity index (χ2v) is 5.40. The zero-order valence-corrected chi connectivity index (χ0v) is 12.3. The summed E-state index contributed by atoms with van der Waals surface area (Å²) in [6, 6.07) is 8.40. The van der Waals surface area contributed by atoms with Crippen molar-refractivity contribution in [3.05, 3.63) is 46.8 Å². The molecule has 3 aromatic rings. The summed E-state index contributed by atoms with van der Waals surface area (Å²) in [5.74, 6) is 0. The molecule has 0 unspecified atom stereocenters. The number of hydrogen-bond acceptors (Lipinski definition) is 2. The molecular formula is C14H15BrN4. The minimum atomic E-state index is 0.704. The number of benzene rings is 1. The Morgan fingerprint density at radius 3 is 2.79 bits per heavy atom. The molecule has 5 heteroatoms. The number of hydrogen-bond donors (Lipinski definition) is 1. The Morgan fingerprint density at radius 1 is 1.26 bits per heavy atom. The van der Waals surface area contributed by atoms with Gasteiger partial charge in [-0.05, 0) is 28.9 Å². The summed E-state index contributed by atoms with van der Waals surface area (Å²) in [6.07, 6.45) is 3.53. The van der Waals surface area contributed by atoms with Crippen LogP contribution in [0.4, 0.5) is 5.69 Å². The molecule has 0 atom stereocenters. The van der Waals surface area contributed by atoms with Gasteiger partial charge in [-0.15, -0.1) is 0 Å². The number of nitrogen functional groups attached to an aromatic ring is 1. The molecule has 0 spiro atoms. The van der Waals surface area contributed by atoms with Gasteiger partial charge in [0.2, 0.25) is 0 Å². The first-order chi connectivity index (χ1) is 9.16. The molecule has 0 aliphatic heterocycles. The normalized spacial score (nSPS) is 11.3. The van der Waals surface area contributed by atoms with Crippen LogP contribution in [0.3, 0.4) is 0 Å². The first-order valence-electron chi connectivity index (χ1n) is 6.18. The Balaban J connectivity index is 1.94. The van der Waals surface area contributed by atoms with Crippen LogP contribution >= 0.6 is 15.9 Å². The molecule has 0 aliphatic rings. The van der Waals surface area contributed by atoms with Gasteiger partial charge in [-0.2, -0.15) is 5.10 Å². The third-order valence-corrected chi connectivity index (χ3v) is 4.36. The Morgan fingerprint density at radius 2 is 2.05 bits per heavy atom. The van der Waals surface area contributed by atoms with Gasteiger partial charge in [0, 0.05) is 33.8 Å². The average Bonchev–Trinajstić information content (AvgIpc) is 2.93. The summed E-state index contributed by atoms with van der Waals surface area (Å²) < 4.78 is 5.34. The highest BCUT2D eigenvalue weighted by Crippen LogP contribution is 2.30. The van der Waals surface area contributed by atoms with E-state index in [9.17, 15) is 0 Å². The molecule has 2 N–H and O–H groups in total. The third-order valence-electron chi connectivity index (χ3n) is 3.36. The summed E-state index contributed by atoms with van der Waals surface area (Å²) in [7, 11) is 0. The summed E-state index contributed by atoms with van der Waals surface area (Å²) in [5.41, 5.74) is 8.86. The molecule has 0 fully saturated rings. The van der Waals surface area contributed by atoms with Crippen molar-refractivity contribution in [1.29, 1.82) is 0 Å². The fourth-order valence-electron chi connectivity index (χ4n) is 2.38. The van der Waals surface area contributed by atoms with Crippen LogP contribution < -0.4 is 5.73 Å². The number of fused-ring (bicyclic) bond motifs is 1. The van der Waals surface area contributed by atoms with E-state index in [4.69, 9.17) is 5.73 Å². The van der Waals surface area contributed by atoms with E-state index in [1.807, 2.05) is 10.9 Å². The van der Waals surface area contributed by atoms with Gasteiger partial charge in [0.25, 0.3) is 0 Å². The van der Waals surface area contributed by atoms with Crippen LogP contribution in [-0.2, 0) is 13.1 Å². The quantitative estimate of drug-likeness (QED) is 0.806. The van der Waals surface area contributed by atoms with Crippen LogP contribution in [0.1, 0.15) is 5.69 Å². The highest BCUT2D eigenvalue weighted by molar-refractivity contribution is 9.10. The SMILES string of the molecule is Cc1c(Br)c2ccccc2n1CCn1cc(N)cn1. The first-order valence-corrected chi connectivity index (χ1v) is 6.97. The molecule has 19 heavy (non-hydrogen) atoms. The van der Waals surface area contributed by atoms with Crippen molar-refractivity contribution in [2.24, 2.45) is 0 Å². The van der Waals surface area contributed by atoms with E-state index in [2.05, 4.69) is 56.8 Å². The number of halogens is 1. The van der Waals surface area contributed by atoms with E-state index in [1.54, 1.807) is 6.20 Å². The number of nitrogens with two attached hydrogens (primary N) is 1. The van der Waals surface area contributed by atoms with Crippen molar-refractivity contribution >= 4 is 32.5 Å². The van der Waals surface area contributed by atoms with E-state index in [-0.39, 0.29) is 0 Å². The third kappa shape index (κ3) is 2.14. The van der Waals surface area contributed by atoms with Crippen molar-refractivity contribution in [3.8, 4) is 0 Å². The lowest BCUT2D eigenvalue weighted by Gasteiger charge is -2.08. The molecular weight excluding hydrogens is 304 g/mol. The number of rotatable bonds is 3. The van der Waals surface area contributed by atoms with Crippen molar-refractivity contribution in [2.45, 2.75) is 20.0 Å². The monoisotopic (exact) mass is 318 g/mol. The molecule has 4 nitrogen and oxygen atoms in total. The number of anilines is 1. The number of nitrogens with zero attached hydrogens (tertiary/aromatic N) is 3. The van der Waals surface area contributed by atoms with E-state index < -0.39 is 0 Å². The van der Waals surface area contributed by atoms with Crippen LogP contribution in [0.2, 0.25) is 0 Å². The average molecular weight is 319 g/mol. The van der Waals surface area contributed by atoms with E-state index >= 15 is 0 Å². The summed E-state index contributed by atoms with van der Waals surface area (Å²) in [4.78, 5) is 0. The Bertz CT molecular complexity index is 726. The maximum atomic E-state index is 5.67. The predicted molar refractivity (Wildman–Crippen MR) is 81.0 cm³/mol. The maximum absolute atomic E-state index is 5.67. The minimum Gasteiger partial charge on any atom is -0.396 e. The fraction of sp³-hybridized carbons (Fsp3) is 0.214. The molecule has 0 amide bonds. The Kier molecular flexibility index (Phi) is 3.06. The van der Waals surface area contributed by atoms with Gasteiger partial charge in [0.1, 0.15) is 0 Å². The topological polar surface area (TPSA) is 48.8 Å². The fourth-order valence-corrected chi connectivity index (χ4v) is 2.93. The zero-order chi connectivity index (χ0) is 13.4. The van der Waals surface area contributed by atoms with E-state index in [0.29, 0.717) is 5.69 Å². The molecule has 0 saturated carbocycles. The molecule has 2 aromatic heterocycles. The zero-order valence-electron chi connectivity index (χ0n) is 10.7. The highest BCUT2D eigenvalue weighted by atomic mass is 79.9. The highest BCUT2D eigenvalue weighted by Gasteiger charge is 2.11. The summed E-state index contributed by atoms with van der Waals surface area (Å²) in [5, 5.41) is 5.46. The molecule has 0 aliphatic carbocycles. The molecule has 0 bridgehead atoms. The minimum absolute atomic E-state index is 0.704. The predicted octanol–water partition coefficient (Wildman–Crippen LogP) is 3.19. The van der Waals surface area contributed by atoms with Crippen LogP contribution in [-0.4, -0.2) is 14.3 Å². The standard InChI is InChI=1S/C14H15BrN4/c1-10-14(15)12-4-2-3-5-13(12)19(10)7-6-18-9-11(16)8-17-18/h2-5,8-9H,6-7,16H2,1H3. The van der Waals surface area contributed by atoms with E-state index in [1.165, 1.54) is 21.1 Å². The van der Waals surface area contributed by atoms with Gasteiger partial charge in [0.15, 0.2) is 0 Å². The lowest BCUT2D eigenvalue weighted by molar-refractivity contribution is 0.537. The van der Waals surface area contributed by atoms with Gasteiger partial charge in [-0.25, -0.2) is 0 Å². The largest absolute Gasteiger partial charge is 0.396 e. The number of para-hydroxylation sites is 1. The molecule has 0 radical (unpaired) electrons. The second kappa shape index (κ2) is 4.74. The lowest BCUT2D eigenvalue weighted by atomic mass is 10.2. The smallest absolute Gasteiger partial charge is 0.0719 e. The number of aryl methyl sites for hydroxylation is 2. The molecule has 2 heterocycles. The Labute approximate surface area is 119 Å². The molecule has 1 aromatic carbocycles. The van der Waals surface area contributed by atoms with Crippen LogP contribution in [0.25, 0.3) is 10.9 Å². The van der Waals surface area contributed by atoms with Crippen molar-refractivity contribution in [1.82, 2.24) is 14.3 Å². The van der Waals surface area contributed by atoms with Crippen LogP contribution in [0, 0.1) is 6.92 Å². The van der Waals surface area contributed by atoms with Gasteiger partial charge >= 0.3 is 0 Å². The maximum Gasteiger partial charge on any atom is 0.0719 e. The van der Waals surface area contributed by atoms with Crippen LogP contribution in [0.15, 0.2) is 41.1 Å².